The fourth-order valence-corrected chi connectivity index (χ4v) is 5.43. The largest absolute Gasteiger partial charge is 0.398 e. The van der Waals surface area contributed by atoms with Gasteiger partial charge in [-0.25, -0.2) is 8.42 Å². The molecular weight excluding hydrogens is 280 g/mol. The third kappa shape index (κ3) is 2.75. The molecule has 19 heavy (non-hydrogen) atoms. The molecule has 4 nitrogen and oxygen atoms in total. The van der Waals surface area contributed by atoms with E-state index < -0.39 is 10.0 Å². The number of benzene rings is 1. The van der Waals surface area contributed by atoms with Crippen molar-refractivity contribution in [3.63, 3.8) is 0 Å². The summed E-state index contributed by atoms with van der Waals surface area (Å²) < 4.78 is 27.1. The summed E-state index contributed by atoms with van der Waals surface area (Å²) in [7, 11) is -3.48. The second-order valence-corrected chi connectivity index (χ2v) is 8.39. The summed E-state index contributed by atoms with van der Waals surface area (Å²) in [6.07, 6.45) is 0. The third-order valence-corrected chi connectivity index (χ3v) is 6.71. The van der Waals surface area contributed by atoms with Gasteiger partial charge >= 0.3 is 0 Å². The van der Waals surface area contributed by atoms with Gasteiger partial charge in [0.15, 0.2) is 0 Å². The molecule has 0 aliphatic carbocycles. The number of nitrogens with two attached hydrogens (primary N) is 1. The van der Waals surface area contributed by atoms with Gasteiger partial charge in [0.25, 0.3) is 0 Å². The number of hydrogen-bond acceptors (Lipinski definition) is 4. The van der Waals surface area contributed by atoms with Crippen LogP contribution in [0.2, 0.25) is 0 Å². The first-order valence-electron chi connectivity index (χ1n) is 6.31. The van der Waals surface area contributed by atoms with Crippen molar-refractivity contribution in [3.8, 4) is 0 Å². The highest BCUT2D eigenvalue weighted by Gasteiger charge is 2.31. The molecule has 1 saturated heterocycles. The Bertz CT molecular complexity index is 585. The summed E-state index contributed by atoms with van der Waals surface area (Å²) in [4.78, 5) is 0.284. The zero-order valence-corrected chi connectivity index (χ0v) is 13.1. The van der Waals surface area contributed by atoms with Crippen LogP contribution >= 0.6 is 11.8 Å². The van der Waals surface area contributed by atoms with Crippen LogP contribution in [0.1, 0.15) is 18.1 Å². The number of thioether (sulfide) groups is 1. The van der Waals surface area contributed by atoms with E-state index >= 15 is 0 Å². The molecule has 1 aliphatic rings. The molecule has 6 heteroatoms. The predicted molar refractivity (Wildman–Crippen MR) is 81.0 cm³/mol. The number of anilines is 1. The first kappa shape index (κ1) is 14.7. The van der Waals surface area contributed by atoms with E-state index in [2.05, 4.69) is 6.92 Å². The standard InChI is InChI=1S/C13H20N2O2S2/c1-9-4-5-12(14)13(11(9)3)19(16,17)15-6-7-18-10(2)8-15/h4-5,10H,6-8,14H2,1-3H3. The third-order valence-electron chi connectivity index (χ3n) is 3.51. The van der Waals surface area contributed by atoms with Gasteiger partial charge in [-0.1, -0.05) is 13.0 Å². The van der Waals surface area contributed by atoms with Crippen molar-refractivity contribution in [2.45, 2.75) is 30.9 Å². The van der Waals surface area contributed by atoms with Gasteiger partial charge in [-0.05, 0) is 31.0 Å². The Morgan fingerprint density at radius 2 is 2.05 bits per heavy atom. The normalized spacial score (nSPS) is 21.5. The van der Waals surface area contributed by atoms with Gasteiger partial charge < -0.3 is 5.73 Å². The summed E-state index contributed by atoms with van der Waals surface area (Å²) in [5, 5.41) is 0.329. The van der Waals surface area contributed by atoms with E-state index in [9.17, 15) is 8.42 Å². The Hall–Kier alpha value is -0.720. The van der Waals surface area contributed by atoms with Crippen LogP contribution in [0, 0.1) is 13.8 Å². The van der Waals surface area contributed by atoms with E-state index in [1.165, 1.54) is 0 Å². The lowest BCUT2D eigenvalue weighted by Crippen LogP contribution is -2.41. The van der Waals surface area contributed by atoms with Crippen LogP contribution in [0.3, 0.4) is 0 Å². The summed E-state index contributed by atoms with van der Waals surface area (Å²) in [6.45, 7) is 6.89. The quantitative estimate of drug-likeness (QED) is 0.849. The lowest BCUT2D eigenvalue weighted by atomic mass is 10.1. The van der Waals surface area contributed by atoms with Crippen LogP contribution in [0.15, 0.2) is 17.0 Å². The molecule has 0 saturated carbocycles. The van der Waals surface area contributed by atoms with Crippen LogP contribution in [0.4, 0.5) is 5.69 Å². The topological polar surface area (TPSA) is 63.4 Å². The number of nitrogens with zero attached hydrogens (tertiary/aromatic N) is 1. The zero-order chi connectivity index (χ0) is 14.2. The molecule has 106 valence electrons. The van der Waals surface area contributed by atoms with Gasteiger partial charge in [-0.3, -0.25) is 0 Å². The molecule has 0 radical (unpaired) electrons. The Morgan fingerprint density at radius 3 is 2.68 bits per heavy atom. The highest BCUT2D eigenvalue weighted by molar-refractivity contribution is 8.00. The molecule has 0 amide bonds. The highest BCUT2D eigenvalue weighted by atomic mass is 32.2. The molecule has 2 N–H and O–H groups in total. The van der Waals surface area contributed by atoms with Crippen molar-refractivity contribution in [1.82, 2.24) is 4.31 Å². The number of rotatable bonds is 2. The van der Waals surface area contributed by atoms with Crippen LogP contribution in [0.25, 0.3) is 0 Å². The van der Waals surface area contributed by atoms with E-state index in [-0.39, 0.29) is 4.90 Å². The number of hydrogen-bond donors (Lipinski definition) is 1. The molecule has 1 heterocycles. The van der Waals surface area contributed by atoms with E-state index in [0.717, 1.165) is 16.9 Å². The van der Waals surface area contributed by atoms with E-state index in [0.29, 0.717) is 24.0 Å². The van der Waals surface area contributed by atoms with Crippen LogP contribution in [-0.4, -0.2) is 36.8 Å². The van der Waals surface area contributed by atoms with Crippen molar-refractivity contribution in [3.05, 3.63) is 23.3 Å². The molecule has 1 aromatic rings. The average Bonchev–Trinajstić information content (AvgIpc) is 2.34. The van der Waals surface area contributed by atoms with E-state index in [1.807, 2.05) is 31.7 Å². The van der Waals surface area contributed by atoms with E-state index in [4.69, 9.17) is 5.73 Å². The Labute approximate surface area is 119 Å². The van der Waals surface area contributed by atoms with Crippen molar-refractivity contribution in [2.75, 3.05) is 24.6 Å². The van der Waals surface area contributed by atoms with Gasteiger partial charge in [0.1, 0.15) is 4.90 Å². The monoisotopic (exact) mass is 300 g/mol. The molecule has 1 aliphatic heterocycles. The summed E-state index contributed by atoms with van der Waals surface area (Å²) >= 11 is 1.81. The second kappa shape index (κ2) is 5.34. The number of aryl methyl sites for hydroxylation is 1. The van der Waals surface area contributed by atoms with E-state index in [1.54, 1.807) is 10.4 Å². The van der Waals surface area contributed by atoms with Gasteiger partial charge in [0, 0.05) is 24.1 Å². The van der Waals surface area contributed by atoms with Gasteiger partial charge in [-0.2, -0.15) is 16.1 Å². The van der Waals surface area contributed by atoms with Crippen molar-refractivity contribution in [2.24, 2.45) is 0 Å². The minimum Gasteiger partial charge on any atom is -0.398 e. The van der Waals surface area contributed by atoms with Gasteiger partial charge in [-0.15, -0.1) is 0 Å². The minimum absolute atomic E-state index is 0.284. The molecule has 1 aromatic carbocycles. The molecule has 0 aromatic heterocycles. The van der Waals surface area contributed by atoms with Gasteiger partial charge in [0.05, 0.1) is 5.69 Å². The summed E-state index contributed by atoms with van der Waals surface area (Å²) in [5.74, 6) is 0.838. The molecular formula is C13H20N2O2S2. The number of nitrogen functional groups attached to an aromatic ring is 1. The van der Waals surface area contributed by atoms with Crippen molar-refractivity contribution < 1.29 is 8.42 Å². The maximum Gasteiger partial charge on any atom is 0.245 e. The zero-order valence-electron chi connectivity index (χ0n) is 11.5. The van der Waals surface area contributed by atoms with Gasteiger partial charge in [0.2, 0.25) is 10.0 Å². The Kier molecular flexibility index (Phi) is 4.13. The predicted octanol–water partition coefficient (Wildman–Crippen LogP) is 2.01. The molecule has 0 spiro atoms. The minimum atomic E-state index is -3.48. The SMILES string of the molecule is Cc1ccc(N)c(S(=O)(=O)N2CCSC(C)C2)c1C. The number of sulfonamides is 1. The smallest absolute Gasteiger partial charge is 0.245 e. The van der Waals surface area contributed by atoms with Crippen molar-refractivity contribution in [1.29, 1.82) is 0 Å². The molecule has 1 unspecified atom stereocenters. The fraction of sp³-hybridized carbons (Fsp3) is 0.538. The fourth-order valence-electron chi connectivity index (χ4n) is 2.29. The molecule has 1 atom stereocenters. The van der Waals surface area contributed by atoms with Crippen LogP contribution < -0.4 is 5.73 Å². The first-order valence-corrected chi connectivity index (χ1v) is 8.80. The summed E-state index contributed by atoms with van der Waals surface area (Å²) in [6, 6.07) is 3.54. The Balaban J connectivity index is 2.48. The van der Waals surface area contributed by atoms with Crippen LogP contribution in [0.5, 0.6) is 0 Å². The lowest BCUT2D eigenvalue weighted by molar-refractivity contribution is 0.424. The lowest BCUT2D eigenvalue weighted by Gasteiger charge is -2.30. The van der Waals surface area contributed by atoms with Crippen LogP contribution in [-0.2, 0) is 10.0 Å². The maximum atomic E-state index is 12.8. The second-order valence-electron chi connectivity index (χ2n) is 4.97. The highest BCUT2D eigenvalue weighted by Crippen LogP contribution is 2.30. The molecule has 2 rings (SSSR count). The molecule has 0 bridgehead atoms. The summed E-state index contributed by atoms with van der Waals surface area (Å²) in [5.41, 5.74) is 7.95. The molecule has 1 fully saturated rings. The average molecular weight is 300 g/mol. The maximum absolute atomic E-state index is 12.8. The Morgan fingerprint density at radius 1 is 1.37 bits per heavy atom. The van der Waals surface area contributed by atoms with Crippen molar-refractivity contribution >= 4 is 27.5 Å². The first-order chi connectivity index (χ1) is 8.84.